The molecule has 13 aromatic carbocycles. The number of hydrogen-bond acceptors (Lipinski definition) is 0. The predicted molar refractivity (Wildman–Crippen MR) is 398 cm³/mol. The van der Waals surface area contributed by atoms with E-state index in [2.05, 4.69) is 331 Å². The first kappa shape index (κ1) is 56.8. The molecule has 4 unspecified atom stereocenters. The first-order chi connectivity index (χ1) is 45.1. The van der Waals surface area contributed by atoms with Gasteiger partial charge in [-0.1, -0.05) is 345 Å². The van der Waals surface area contributed by atoms with Gasteiger partial charge in [-0.3, -0.25) is 0 Å². The second kappa shape index (κ2) is 21.7. The van der Waals surface area contributed by atoms with Crippen molar-refractivity contribution in [2.24, 2.45) is 0 Å². The Morgan fingerprint density at radius 1 is 0.228 bits per heavy atom. The van der Waals surface area contributed by atoms with E-state index in [-0.39, 0.29) is 20.9 Å². The van der Waals surface area contributed by atoms with E-state index in [0.29, 0.717) is 0 Å². The molecule has 2 fully saturated rings. The first-order valence-corrected chi connectivity index (χ1v) is 38.0. The fourth-order valence-corrected chi connectivity index (χ4v) is 33.7. The van der Waals surface area contributed by atoms with E-state index in [0.717, 1.165) is 0 Å². The molecule has 2 aliphatic carbocycles. The minimum Gasteiger partial charge on any atom is -0.0624 e. The quantitative estimate of drug-likeness (QED) is 0.0946. The van der Waals surface area contributed by atoms with Gasteiger partial charge in [-0.25, -0.2) is 0 Å². The topological polar surface area (TPSA) is 0 Å². The summed E-state index contributed by atoms with van der Waals surface area (Å²) in [5.74, 6) is 0. The molecule has 446 valence electrons. The van der Waals surface area contributed by atoms with Crippen molar-refractivity contribution in [1.29, 1.82) is 0 Å². The maximum Gasteiger partial charge on any atom is 0.155 e. The fraction of sp³-hybridized carbons (Fsp3) is 0.178. The molecule has 0 amide bonds. The molecule has 92 heavy (non-hydrogen) atoms. The van der Waals surface area contributed by atoms with Crippen molar-refractivity contribution in [3.05, 3.63) is 314 Å². The molecule has 0 radical (unpaired) electrons. The highest BCUT2D eigenvalue weighted by Crippen LogP contribution is 2.67. The van der Waals surface area contributed by atoms with Crippen molar-refractivity contribution in [3.8, 4) is 66.8 Å². The third-order valence-corrected chi connectivity index (χ3v) is 36.7. The third kappa shape index (κ3) is 8.05. The van der Waals surface area contributed by atoms with Gasteiger partial charge in [0.2, 0.25) is 0 Å². The molecule has 2 heterocycles. The normalized spacial score (nSPS) is 21.7. The minimum absolute atomic E-state index is 0.00542. The van der Waals surface area contributed by atoms with Gasteiger partial charge in [-0.2, -0.15) is 0 Å². The summed E-state index contributed by atoms with van der Waals surface area (Å²) in [6.07, 6.45) is 9.90. The third-order valence-electron chi connectivity index (χ3n) is 24.5. The summed E-state index contributed by atoms with van der Waals surface area (Å²) in [7, 11) is -5.20. The van der Waals surface area contributed by atoms with Gasteiger partial charge < -0.3 is 0 Å². The van der Waals surface area contributed by atoms with Crippen molar-refractivity contribution >= 4 is 68.8 Å². The van der Waals surface area contributed by atoms with Crippen molar-refractivity contribution in [2.45, 2.75) is 100.0 Å². The maximum absolute atomic E-state index is 2.70. The fourth-order valence-electron chi connectivity index (χ4n) is 19.8. The van der Waals surface area contributed by atoms with E-state index in [4.69, 9.17) is 0 Å². The standard InChI is InChI=1S/C90H78Si2/c1-87-55-23-25-57-89(87,3)91(73-31-15-7-16-32-73,74-33-17-8-18-34-74)83-53-49-71(61-81(83)87)69-47-51-77-79(59-69)85(67-43-39-65(40-44-67)63-27-11-5-12-28-63)78-52-48-70(60-80(78)86(77)68-45-41-66(42-46-68)64-29-13-6-14-30-64)72-50-54-84-82(62-72)88(2)56-24-26-58-90(88,4)92(84,75-35-19-9-20-36-75)76-37-21-10-22-38-76/h5-22,27-54,59-62H,23-26,55-58H2,1-4H3. The number of benzene rings is 13. The molecule has 0 saturated heterocycles. The van der Waals surface area contributed by atoms with Gasteiger partial charge in [-0.15, -0.1) is 0 Å². The van der Waals surface area contributed by atoms with Crippen LogP contribution in [0.5, 0.6) is 0 Å². The molecule has 13 aromatic rings. The second-order valence-electron chi connectivity index (χ2n) is 28.4. The van der Waals surface area contributed by atoms with Crippen molar-refractivity contribution in [3.63, 3.8) is 0 Å². The zero-order valence-corrected chi connectivity index (χ0v) is 55.5. The van der Waals surface area contributed by atoms with Crippen LogP contribution >= 0.6 is 0 Å². The molecular weight excluding hydrogens is 1140 g/mol. The Labute approximate surface area is 546 Å². The number of hydrogen-bond donors (Lipinski definition) is 0. The van der Waals surface area contributed by atoms with Crippen LogP contribution in [0.25, 0.3) is 88.3 Å². The van der Waals surface area contributed by atoms with Gasteiger partial charge in [0.25, 0.3) is 0 Å². The summed E-state index contributed by atoms with van der Waals surface area (Å²) in [6, 6.07) is 118. The van der Waals surface area contributed by atoms with E-state index in [1.54, 1.807) is 21.5 Å². The van der Waals surface area contributed by atoms with E-state index < -0.39 is 16.1 Å². The Balaban J connectivity index is 0.905. The smallest absolute Gasteiger partial charge is 0.0624 e. The van der Waals surface area contributed by atoms with Crippen LogP contribution in [0.15, 0.2) is 303 Å². The van der Waals surface area contributed by atoms with Crippen molar-refractivity contribution < 1.29 is 0 Å². The van der Waals surface area contributed by atoms with Crippen LogP contribution < -0.4 is 31.1 Å². The molecule has 0 nitrogen and oxygen atoms in total. The zero-order valence-electron chi connectivity index (χ0n) is 53.5. The van der Waals surface area contributed by atoms with Crippen LogP contribution in [0.2, 0.25) is 10.1 Å². The Bertz CT molecular complexity index is 4550. The lowest BCUT2D eigenvalue weighted by atomic mass is 9.64. The molecular formula is C90H78Si2. The van der Waals surface area contributed by atoms with Crippen LogP contribution in [-0.2, 0) is 10.8 Å². The predicted octanol–water partition coefficient (Wildman–Crippen LogP) is 20.1. The molecule has 2 saturated carbocycles. The number of rotatable bonds is 10. The largest absolute Gasteiger partial charge is 0.155 e. The molecule has 4 aliphatic rings. The van der Waals surface area contributed by atoms with Crippen LogP contribution in [0.4, 0.5) is 0 Å². The van der Waals surface area contributed by atoms with Gasteiger partial charge in [0.05, 0.1) is 0 Å². The van der Waals surface area contributed by atoms with Gasteiger partial charge in [0.15, 0.2) is 16.1 Å². The van der Waals surface area contributed by atoms with Gasteiger partial charge in [-0.05, 0) is 189 Å². The van der Waals surface area contributed by atoms with Crippen molar-refractivity contribution in [1.82, 2.24) is 0 Å². The van der Waals surface area contributed by atoms with Crippen LogP contribution in [0, 0.1) is 0 Å². The van der Waals surface area contributed by atoms with Gasteiger partial charge >= 0.3 is 0 Å². The minimum atomic E-state index is -2.60. The summed E-state index contributed by atoms with van der Waals surface area (Å²) in [5.41, 5.74) is 18.2. The van der Waals surface area contributed by atoms with Crippen LogP contribution in [-0.4, -0.2) is 16.1 Å². The van der Waals surface area contributed by atoms with E-state index in [9.17, 15) is 0 Å². The van der Waals surface area contributed by atoms with Crippen LogP contribution in [0.1, 0.15) is 90.2 Å². The Kier molecular flexibility index (Phi) is 13.4. The SMILES string of the molecule is CC12CCCCC1(C)[Si](c1ccccc1)(c1ccccc1)c1ccc(-c3ccc4c(-c5ccc(-c6ccccc6)cc5)c5cc(-c6ccc7c(c6)C6(C)CCCCC6(C)[Si]7(c6ccccc6)c6ccccc6)ccc5c(-c5ccc(-c6ccccc6)cc5)c4c3)cc12. The number of fused-ring (bicyclic) bond motifs is 8. The monoisotopic (exact) mass is 1210 g/mol. The van der Waals surface area contributed by atoms with Gasteiger partial charge in [0.1, 0.15) is 0 Å². The van der Waals surface area contributed by atoms with Gasteiger partial charge in [0, 0.05) is 0 Å². The Morgan fingerprint density at radius 3 is 0.826 bits per heavy atom. The highest BCUT2D eigenvalue weighted by molar-refractivity contribution is 7.15. The summed E-state index contributed by atoms with van der Waals surface area (Å²) in [5, 5.41) is 14.6. The molecule has 0 spiro atoms. The molecule has 2 aliphatic heterocycles. The lowest BCUT2D eigenvalue weighted by Crippen LogP contribution is -2.72. The first-order valence-electron chi connectivity index (χ1n) is 34.0. The van der Waals surface area contributed by atoms with Crippen LogP contribution in [0.3, 0.4) is 0 Å². The highest BCUT2D eigenvalue weighted by Gasteiger charge is 2.70. The average Bonchev–Trinajstić information content (AvgIpc) is 1.50. The van der Waals surface area contributed by atoms with Crippen molar-refractivity contribution in [2.75, 3.05) is 0 Å². The summed E-state index contributed by atoms with van der Waals surface area (Å²) < 4.78 is 0. The van der Waals surface area contributed by atoms with E-state index >= 15 is 0 Å². The summed E-state index contributed by atoms with van der Waals surface area (Å²) in [4.78, 5) is 0. The average molecular weight is 1220 g/mol. The Hall–Kier alpha value is -9.19. The molecule has 0 N–H and O–H groups in total. The lowest BCUT2D eigenvalue weighted by Gasteiger charge is -2.54. The Morgan fingerprint density at radius 2 is 0.489 bits per heavy atom. The maximum atomic E-state index is 2.70. The molecule has 0 aromatic heterocycles. The summed E-state index contributed by atoms with van der Waals surface area (Å²) in [6.45, 7) is 10.7. The zero-order chi connectivity index (χ0) is 61.9. The lowest BCUT2D eigenvalue weighted by molar-refractivity contribution is 0.241. The summed E-state index contributed by atoms with van der Waals surface area (Å²) >= 11 is 0. The van der Waals surface area contributed by atoms with E-state index in [1.165, 1.54) is 160 Å². The second-order valence-corrected chi connectivity index (χ2v) is 37.0. The molecule has 4 atom stereocenters. The van der Waals surface area contributed by atoms with E-state index in [1.807, 2.05) is 0 Å². The molecule has 17 rings (SSSR count). The molecule has 0 bridgehead atoms. The molecule has 2 heteroatoms. The highest BCUT2D eigenvalue weighted by atomic mass is 28.3.